The van der Waals surface area contributed by atoms with Crippen molar-refractivity contribution in [3.63, 3.8) is 0 Å². The van der Waals surface area contributed by atoms with Gasteiger partial charge in [-0.15, -0.1) is 0 Å². The van der Waals surface area contributed by atoms with E-state index in [1.165, 1.54) is 24.8 Å². The normalized spacial score (nSPS) is 19.3. The zero-order chi connectivity index (χ0) is 18.6. The fourth-order valence-corrected chi connectivity index (χ4v) is 3.68. The monoisotopic (exact) mass is 383 g/mol. The molecular weight excluding hydrogens is 362 g/mol. The topological polar surface area (TPSA) is 60.2 Å². The molecule has 6 heteroatoms. The number of benzene rings is 2. The van der Waals surface area contributed by atoms with Crippen LogP contribution in [-0.2, 0) is 6.61 Å². The maximum absolute atomic E-state index is 5.87. The van der Waals surface area contributed by atoms with Gasteiger partial charge < -0.3 is 14.6 Å². The molecule has 1 aromatic heterocycles. The minimum absolute atomic E-state index is 0.222. The molecule has 27 heavy (non-hydrogen) atoms. The smallest absolute Gasteiger partial charge is 0.264 e. The molecule has 1 aliphatic rings. The highest BCUT2D eigenvalue weighted by atomic mass is 35.5. The number of nitrogens with one attached hydrogen (secondary N) is 1. The van der Waals surface area contributed by atoms with E-state index in [-0.39, 0.29) is 6.61 Å². The molecule has 2 atom stereocenters. The summed E-state index contributed by atoms with van der Waals surface area (Å²) in [6.07, 6.45) is 3.67. The van der Waals surface area contributed by atoms with Gasteiger partial charge in [-0.2, -0.15) is 4.98 Å². The molecule has 0 saturated heterocycles. The van der Waals surface area contributed by atoms with Gasteiger partial charge in [0.15, 0.2) is 6.61 Å². The fraction of sp³-hybridized carbons (Fsp3) is 0.333. The van der Waals surface area contributed by atoms with E-state index in [1.54, 1.807) is 24.3 Å². The molecule has 1 saturated carbocycles. The molecule has 0 aliphatic heterocycles. The van der Waals surface area contributed by atoms with Gasteiger partial charge in [0.05, 0.1) is 0 Å². The number of hydrogen-bond donors (Lipinski definition) is 1. The van der Waals surface area contributed by atoms with Crippen LogP contribution < -0.4 is 10.1 Å². The predicted molar refractivity (Wildman–Crippen MR) is 105 cm³/mol. The van der Waals surface area contributed by atoms with Gasteiger partial charge in [0.25, 0.3) is 5.89 Å². The van der Waals surface area contributed by atoms with Crippen LogP contribution in [0, 0.1) is 0 Å². The first-order chi connectivity index (χ1) is 13.2. The van der Waals surface area contributed by atoms with Crippen LogP contribution in [0.3, 0.4) is 0 Å². The third-order valence-electron chi connectivity index (χ3n) is 5.13. The van der Waals surface area contributed by atoms with E-state index >= 15 is 0 Å². The SMILES string of the molecule is CN[C@@H]1CC[C@@H](c2ccc(-c3noc(COc4ccc(Cl)cc4)n3)cc2)C1. The van der Waals surface area contributed by atoms with Crippen molar-refractivity contribution in [1.82, 2.24) is 15.5 Å². The Balaban J connectivity index is 1.38. The Bertz CT molecular complexity index is 877. The summed E-state index contributed by atoms with van der Waals surface area (Å²) < 4.78 is 10.9. The number of rotatable bonds is 6. The quantitative estimate of drug-likeness (QED) is 0.661. The lowest BCUT2D eigenvalue weighted by Crippen LogP contribution is -2.21. The molecule has 2 aromatic carbocycles. The minimum atomic E-state index is 0.222. The Hall–Kier alpha value is -2.37. The summed E-state index contributed by atoms with van der Waals surface area (Å²) >= 11 is 5.87. The summed E-state index contributed by atoms with van der Waals surface area (Å²) in [5, 5.41) is 8.12. The molecule has 4 rings (SSSR count). The predicted octanol–water partition coefficient (Wildman–Crippen LogP) is 4.82. The van der Waals surface area contributed by atoms with Gasteiger partial charge in [0.2, 0.25) is 5.82 Å². The first-order valence-corrected chi connectivity index (χ1v) is 9.57. The number of halogens is 1. The molecule has 1 fully saturated rings. The fourth-order valence-electron chi connectivity index (χ4n) is 3.56. The van der Waals surface area contributed by atoms with Gasteiger partial charge in [-0.05, 0) is 62.1 Å². The van der Waals surface area contributed by atoms with Crippen LogP contribution >= 0.6 is 11.6 Å². The van der Waals surface area contributed by atoms with E-state index in [0.717, 1.165) is 5.56 Å². The van der Waals surface area contributed by atoms with Gasteiger partial charge in [0.1, 0.15) is 5.75 Å². The van der Waals surface area contributed by atoms with Crippen molar-refractivity contribution in [3.05, 3.63) is 65.0 Å². The highest BCUT2D eigenvalue weighted by Crippen LogP contribution is 2.35. The first kappa shape index (κ1) is 18.0. The number of hydrogen-bond acceptors (Lipinski definition) is 5. The van der Waals surface area contributed by atoms with Gasteiger partial charge in [-0.25, -0.2) is 0 Å². The Kier molecular flexibility index (Phi) is 5.41. The van der Waals surface area contributed by atoms with E-state index in [9.17, 15) is 0 Å². The Morgan fingerprint density at radius 1 is 1.11 bits per heavy atom. The molecule has 1 heterocycles. The largest absolute Gasteiger partial charge is 0.484 e. The molecule has 0 unspecified atom stereocenters. The summed E-state index contributed by atoms with van der Waals surface area (Å²) in [4.78, 5) is 4.43. The van der Waals surface area contributed by atoms with Gasteiger partial charge >= 0.3 is 0 Å². The van der Waals surface area contributed by atoms with Crippen LogP contribution in [0.2, 0.25) is 5.02 Å². The van der Waals surface area contributed by atoms with Crippen molar-refractivity contribution in [3.8, 4) is 17.1 Å². The summed E-state index contributed by atoms with van der Waals surface area (Å²) in [5.74, 6) is 2.36. The van der Waals surface area contributed by atoms with Gasteiger partial charge in [-0.3, -0.25) is 0 Å². The van der Waals surface area contributed by atoms with Crippen molar-refractivity contribution in [2.24, 2.45) is 0 Å². The second kappa shape index (κ2) is 8.11. The molecule has 0 amide bonds. The van der Waals surface area contributed by atoms with Gasteiger partial charge in [-0.1, -0.05) is 41.0 Å². The van der Waals surface area contributed by atoms with Crippen molar-refractivity contribution < 1.29 is 9.26 Å². The zero-order valence-electron chi connectivity index (χ0n) is 15.2. The highest BCUT2D eigenvalue weighted by molar-refractivity contribution is 6.30. The maximum Gasteiger partial charge on any atom is 0.264 e. The van der Waals surface area contributed by atoms with Crippen LogP contribution in [0.4, 0.5) is 0 Å². The van der Waals surface area contributed by atoms with Gasteiger partial charge in [0, 0.05) is 16.6 Å². The van der Waals surface area contributed by atoms with Crippen molar-refractivity contribution in [2.45, 2.75) is 37.8 Å². The van der Waals surface area contributed by atoms with Crippen LogP contribution in [0.5, 0.6) is 5.75 Å². The van der Waals surface area contributed by atoms with E-state index in [4.69, 9.17) is 20.9 Å². The molecule has 5 nitrogen and oxygen atoms in total. The Morgan fingerprint density at radius 3 is 2.59 bits per heavy atom. The lowest BCUT2D eigenvalue weighted by atomic mass is 9.96. The van der Waals surface area contributed by atoms with E-state index in [1.807, 2.05) is 7.05 Å². The molecule has 0 radical (unpaired) electrons. The van der Waals surface area contributed by atoms with E-state index in [0.29, 0.717) is 34.4 Å². The number of aromatic nitrogens is 2. The van der Waals surface area contributed by atoms with Crippen molar-refractivity contribution in [1.29, 1.82) is 0 Å². The lowest BCUT2D eigenvalue weighted by molar-refractivity contribution is 0.243. The first-order valence-electron chi connectivity index (χ1n) is 9.20. The summed E-state index contributed by atoms with van der Waals surface area (Å²) in [6.45, 7) is 0.222. The van der Waals surface area contributed by atoms with E-state index in [2.05, 4.69) is 39.7 Å². The zero-order valence-corrected chi connectivity index (χ0v) is 15.9. The minimum Gasteiger partial charge on any atom is -0.484 e. The van der Waals surface area contributed by atoms with Crippen LogP contribution in [0.15, 0.2) is 53.1 Å². The van der Waals surface area contributed by atoms with Crippen LogP contribution in [-0.4, -0.2) is 23.2 Å². The van der Waals surface area contributed by atoms with Crippen molar-refractivity contribution >= 4 is 11.6 Å². The second-order valence-corrected chi connectivity index (χ2v) is 7.31. The Morgan fingerprint density at radius 2 is 1.89 bits per heavy atom. The Labute approximate surface area is 163 Å². The maximum atomic E-state index is 5.87. The molecule has 0 spiro atoms. The molecule has 3 aromatic rings. The van der Waals surface area contributed by atoms with Crippen LogP contribution in [0.25, 0.3) is 11.4 Å². The average molecular weight is 384 g/mol. The third-order valence-corrected chi connectivity index (χ3v) is 5.38. The molecule has 0 bridgehead atoms. The summed E-state index contributed by atoms with van der Waals surface area (Å²) in [5.41, 5.74) is 2.33. The second-order valence-electron chi connectivity index (χ2n) is 6.87. The van der Waals surface area contributed by atoms with Crippen molar-refractivity contribution in [2.75, 3.05) is 7.05 Å². The third kappa shape index (κ3) is 4.31. The summed E-state index contributed by atoms with van der Waals surface area (Å²) in [7, 11) is 2.04. The standard InChI is InChI=1S/C21H22ClN3O2/c1-23-18-9-6-16(12-18)14-2-4-15(5-3-14)21-24-20(27-25-21)13-26-19-10-7-17(22)8-11-19/h2-5,7-8,10-11,16,18,23H,6,9,12-13H2,1H3/t16-,18-/m1/s1. The molecule has 140 valence electrons. The highest BCUT2D eigenvalue weighted by Gasteiger charge is 2.24. The lowest BCUT2D eigenvalue weighted by Gasteiger charge is -2.11. The molecular formula is C21H22ClN3O2. The van der Waals surface area contributed by atoms with Crippen LogP contribution in [0.1, 0.15) is 36.6 Å². The molecule has 1 N–H and O–H groups in total. The number of ether oxygens (including phenoxy) is 1. The molecule has 1 aliphatic carbocycles. The average Bonchev–Trinajstić information content (AvgIpc) is 3.37. The number of nitrogens with zero attached hydrogens (tertiary/aromatic N) is 2. The summed E-state index contributed by atoms with van der Waals surface area (Å²) in [6, 6.07) is 16.3. The van der Waals surface area contributed by atoms with E-state index < -0.39 is 0 Å².